The Morgan fingerprint density at radius 1 is 0.967 bits per heavy atom. The van der Waals surface area contributed by atoms with Crippen LogP contribution in [0.5, 0.6) is 0 Å². The van der Waals surface area contributed by atoms with Crippen LogP contribution < -0.4 is 14.9 Å². The maximum absolute atomic E-state index is 12.5. The highest BCUT2D eigenvalue weighted by Crippen LogP contribution is 2.23. The minimum absolute atomic E-state index is 0.142. The first-order chi connectivity index (χ1) is 14.3. The smallest absolute Gasteiger partial charge is 0.261 e. The van der Waals surface area contributed by atoms with Crippen LogP contribution in [-0.2, 0) is 16.6 Å². The maximum Gasteiger partial charge on any atom is 0.261 e. The quantitative estimate of drug-likeness (QED) is 0.575. The zero-order chi connectivity index (χ0) is 21.7. The van der Waals surface area contributed by atoms with Crippen LogP contribution in [0.1, 0.15) is 15.9 Å². The summed E-state index contributed by atoms with van der Waals surface area (Å²) < 4.78 is 27.3. The minimum Gasteiger partial charge on any atom is -0.378 e. The number of rotatable bonds is 7. The number of halogens is 1. The largest absolute Gasteiger partial charge is 0.378 e. The van der Waals surface area contributed by atoms with Crippen LogP contribution in [0.25, 0.3) is 0 Å². The molecule has 3 rings (SSSR count). The van der Waals surface area contributed by atoms with Crippen molar-refractivity contribution in [2.24, 2.45) is 0 Å². The molecule has 0 saturated heterocycles. The van der Waals surface area contributed by atoms with Crippen molar-refractivity contribution in [1.82, 2.24) is 5.32 Å². The Bertz CT molecular complexity index is 1130. The minimum atomic E-state index is -3.73. The van der Waals surface area contributed by atoms with E-state index in [2.05, 4.69) is 10.0 Å². The lowest BCUT2D eigenvalue weighted by Crippen LogP contribution is -2.23. The van der Waals surface area contributed by atoms with E-state index < -0.39 is 10.0 Å². The Morgan fingerprint density at radius 2 is 1.63 bits per heavy atom. The normalized spacial score (nSPS) is 11.0. The van der Waals surface area contributed by atoms with E-state index in [1.807, 2.05) is 43.3 Å². The third kappa shape index (κ3) is 5.31. The molecule has 0 spiro atoms. The fourth-order valence-corrected chi connectivity index (χ4v) is 4.10. The van der Waals surface area contributed by atoms with Gasteiger partial charge in [0.25, 0.3) is 15.9 Å². The number of anilines is 2. The van der Waals surface area contributed by atoms with E-state index in [0.29, 0.717) is 6.54 Å². The lowest BCUT2D eigenvalue weighted by Gasteiger charge is -2.13. The van der Waals surface area contributed by atoms with E-state index in [-0.39, 0.29) is 27.1 Å². The van der Waals surface area contributed by atoms with Crippen molar-refractivity contribution in [3.63, 3.8) is 0 Å². The Labute approximate surface area is 181 Å². The molecule has 0 aliphatic rings. The lowest BCUT2D eigenvalue weighted by atomic mass is 10.1. The summed E-state index contributed by atoms with van der Waals surface area (Å²) in [7, 11) is 0.190. The summed E-state index contributed by atoms with van der Waals surface area (Å²) >= 11 is 6.24. The molecule has 1 amide bonds. The second-order valence-electron chi connectivity index (χ2n) is 6.86. The van der Waals surface area contributed by atoms with Crippen LogP contribution in [0.15, 0.2) is 77.7 Å². The summed E-state index contributed by atoms with van der Waals surface area (Å²) in [4.78, 5) is 14.6. The number of benzene rings is 3. The van der Waals surface area contributed by atoms with Gasteiger partial charge in [0, 0.05) is 26.3 Å². The Balaban J connectivity index is 1.66. The predicted octanol–water partition coefficient (Wildman–Crippen LogP) is 4.14. The number of carbonyl (C=O) groups is 1. The average molecular weight is 444 g/mol. The van der Waals surface area contributed by atoms with Crippen LogP contribution in [0.2, 0.25) is 5.02 Å². The molecule has 0 fully saturated rings. The van der Waals surface area contributed by atoms with E-state index in [0.717, 1.165) is 11.3 Å². The van der Waals surface area contributed by atoms with E-state index in [1.165, 1.54) is 30.3 Å². The Morgan fingerprint density at radius 3 is 2.23 bits per heavy atom. The van der Waals surface area contributed by atoms with Crippen LogP contribution in [0.4, 0.5) is 11.4 Å². The highest BCUT2D eigenvalue weighted by Gasteiger charge is 2.16. The van der Waals surface area contributed by atoms with E-state index >= 15 is 0 Å². The van der Waals surface area contributed by atoms with Crippen molar-refractivity contribution in [1.29, 1.82) is 0 Å². The molecule has 0 aliphatic heterocycles. The van der Waals surface area contributed by atoms with Crippen LogP contribution in [0.3, 0.4) is 0 Å². The average Bonchev–Trinajstić information content (AvgIpc) is 2.73. The third-order valence-corrected chi connectivity index (χ3v) is 6.14. The number of hydrogen-bond acceptors (Lipinski definition) is 4. The van der Waals surface area contributed by atoms with Crippen LogP contribution in [0, 0.1) is 0 Å². The standard InChI is InChI=1S/C22H22ClN3O3S/c1-26(2)18-11-8-16(9-12-18)15-24-22(27)20-13-10-17(14-21(20)23)25-30(28,29)19-6-4-3-5-7-19/h3-14,25H,15H2,1-2H3,(H,24,27). The van der Waals surface area contributed by atoms with Gasteiger partial charge in [-0.25, -0.2) is 8.42 Å². The van der Waals surface area contributed by atoms with Gasteiger partial charge < -0.3 is 10.2 Å². The first-order valence-corrected chi connectivity index (χ1v) is 11.0. The summed E-state index contributed by atoms with van der Waals surface area (Å²) in [6, 6.07) is 20.3. The van der Waals surface area contributed by atoms with Crippen LogP contribution in [-0.4, -0.2) is 28.4 Å². The molecule has 0 saturated carbocycles. The number of carbonyl (C=O) groups excluding carboxylic acids is 1. The zero-order valence-electron chi connectivity index (χ0n) is 16.6. The molecule has 0 heterocycles. The molecule has 30 heavy (non-hydrogen) atoms. The number of nitrogens with zero attached hydrogens (tertiary/aromatic N) is 1. The van der Waals surface area contributed by atoms with Crippen molar-refractivity contribution in [2.45, 2.75) is 11.4 Å². The molecule has 0 bridgehead atoms. The fraction of sp³-hybridized carbons (Fsp3) is 0.136. The van der Waals surface area contributed by atoms with Gasteiger partial charge in [0.15, 0.2) is 0 Å². The van der Waals surface area contributed by atoms with Crippen molar-refractivity contribution in [3.05, 3.63) is 88.9 Å². The molecular formula is C22H22ClN3O3S. The SMILES string of the molecule is CN(C)c1ccc(CNC(=O)c2ccc(NS(=O)(=O)c3ccccc3)cc2Cl)cc1. The molecule has 156 valence electrons. The first-order valence-electron chi connectivity index (χ1n) is 9.18. The van der Waals surface area contributed by atoms with E-state index in [9.17, 15) is 13.2 Å². The highest BCUT2D eigenvalue weighted by atomic mass is 35.5. The Hall–Kier alpha value is -3.03. The van der Waals surface area contributed by atoms with Crippen molar-refractivity contribution >= 4 is 38.9 Å². The number of amides is 1. The third-order valence-electron chi connectivity index (χ3n) is 4.43. The topological polar surface area (TPSA) is 78.5 Å². The lowest BCUT2D eigenvalue weighted by molar-refractivity contribution is 0.0951. The molecule has 0 aliphatic carbocycles. The van der Waals surface area contributed by atoms with E-state index in [4.69, 9.17) is 11.6 Å². The first kappa shape index (κ1) is 21.7. The molecule has 0 atom stereocenters. The molecule has 0 aromatic heterocycles. The summed E-state index contributed by atoms with van der Waals surface area (Å²) in [5, 5.41) is 2.98. The summed E-state index contributed by atoms with van der Waals surface area (Å²) in [6.45, 7) is 0.352. The molecule has 0 unspecified atom stereocenters. The van der Waals surface area contributed by atoms with Crippen LogP contribution >= 0.6 is 11.6 Å². The molecule has 8 heteroatoms. The monoisotopic (exact) mass is 443 g/mol. The van der Waals surface area contributed by atoms with Crippen molar-refractivity contribution in [2.75, 3.05) is 23.7 Å². The summed E-state index contributed by atoms with van der Waals surface area (Å²) in [6.07, 6.45) is 0. The van der Waals surface area contributed by atoms with Gasteiger partial charge in [-0.1, -0.05) is 41.9 Å². The molecule has 6 nitrogen and oxygen atoms in total. The second-order valence-corrected chi connectivity index (χ2v) is 8.95. The predicted molar refractivity (Wildman–Crippen MR) is 121 cm³/mol. The summed E-state index contributed by atoms with van der Waals surface area (Å²) in [5.41, 5.74) is 2.57. The van der Waals surface area contributed by atoms with Gasteiger partial charge in [-0.05, 0) is 48.0 Å². The van der Waals surface area contributed by atoms with Gasteiger partial charge in [0.05, 0.1) is 21.2 Å². The van der Waals surface area contributed by atoms with Gasteiger partial charge in [-0.3, -0.25) is 9.52 Å². The van der Waals surface area contributed by atoms with Gasteiger partial charge in [-0.2, -0.15) is 0 Å². The highest BCUT2D eigenvalue weighted by molar-refractivity contribution is 7.92. The molecule has 2 N–H and O–H groups in total. The maximum atomic E-state index is 12.5. The van der Waals surface area contributed by atoms with Crippen molar-refractivity contribution < 1.29 is 13.2 Å². The van der Waals surface area contributed by atoms with Gasteiger partial charge in [-0.15, -0.1) is 0 Å². The zero-order valence-corrected chi connectivity index (χ0v) is 18.2. The van der Waals surface area contributed by atoms with Gasteiger partial charge in [0.1, 0.15) is 0 Å². The summed E-state index contributed by atoms with van der Waals surface area (Å²) in [5.74, 6) is -0.339. The van der Waals surface area contributed by atoms with Gasteiger partial charge in [0.2, 0.25) is 0 Å². The number of hydrogen-bond donors (Lipinski definition) is 2. The van der Waals surface area contributed by atoms with Crippen molar-refractivity contribution in [3.8, 4) is 0 Å². The molecule has 3 aromatic carbocycles. The molecule has 3 aromatic rings. The Kier molecular flexibility index (Phi) is 6.64. The molecular weight excluding hydrogens is 422 g/mol. The second kappa shape index (κ2) is 9.19. The molecule has 0 radical (unpaired) electrons. The number of nitrogens with one attached hydrogen (secondary N) is 2. The van der Waals surface area contributed by atoms with E-state index in [1.54, 1.807) is 18.2 Å². The number of sulfonamides is 1. The fourth-order valence-electron chi connectivity index (χ4n) is 2.77. The van der Waals surface area contributed by atoms with Gasteiger partial charge >= 0.3 is 0 Å².